The molecule has 0 fully saturated rings. The molecule has 0 aromatic heterocycles. The molecule has 1 aliphatic rings. The van der Waals surface area contributed by atoms with Crippen LogP contribution < -0.4 is 4.90 Å². The standard InChI is InChI=1S/C17H25N2OP/c1-16(2,3)21(20,17(4,5)6)19-13-12-18(14-19)15-10-8-7-9-11-15/h7-13H,1-6H3. The molecule has 0 unspecified atom stereocenters. The van der Waals surface area contributed by atoms with Gasteiger partial charge in [0.2, 0.25) is 6.67 Å². The zero-order chi connectivity index (χ0) is 15.9. The third-order valence-corrected chi connectivity index (χ3v) is 8.19. The maximum Gasteiger partial charge on any atom is 0.218 e. The molecule has 21 heavy (non-hydrogen) atoms. The van der Waals surface area contributed by atoms with Crippen LogP contribution in [0.3, 0.4) is 0 Å². The maximum absolute atomic E-state index is 13.8. The lowest BCUT2D eigenvalue weighted by Crippen LogP contribution is -2.36. The Balaban J connectivity index is 2.31. The first-order valence-electron chi connectivity index (χ1n) is 7.26. The molecule has 1 aromatic carbocycles. The van der Waals surface area contributed by atoms with Crippen molar-refractivity contribution in [3.05, 3.63) is 49.4 Å². The second kappa shape index (κ2) is 5.21. The van der Waals surface area contributed by atoms with E-state index in [4.69, 9.17) is 0 Å². The van der Waals surface area contributed by atoms with Gasteiger partial charge < -0.3 is 4.90 Å². The summed E-state index contributed by atoms with van der Waals surface area (Å²) in [5.74, 6) is 0. The smallest absolute Gasteiger partial charge is 0.218 e. The van der Waals surface area contributed by atoms with Crippen LogP contribution in [0.5, 0.6) is 0 Å². The molecule has 1 aromatic rings. The summed E-state index contributed by atoms with van der Waals surface area (Å²) < 4.78 is 15.6. The van der Waals surface area contributed by atoms with Crippen molar-refractivity contribution in [2.45, 2.75) is 51.9 Å². The predicted octanol–water partition coefficient (Wildman–Crippen LogP) is 5.15. The topological polar surface area (TPSA) is 23.6 Å². The van der Waals surface area contributed by atoms with E-state index in [0.29, 0.717) is 0 Å². The van der Waals surface area contributed by atoms with Gasteiger partial charge in [0.15, 0.2) is 7.29 Å². The van der Waals surface area contributed by atoms with Crippen LogP contribution in [0.25, 0.3) is 0 Å². The van der Waals surface area contributed by atoms with Gasteiger partial charge in [-0.2, -0.15) is 0 Å². The van der Waals surface area contributed by atoms with Crippen LogP contribution in [0.1, 0.15) is 41.5 Å². The van der Waals surface area contributed by atoms with Crippen LogP contribution in [0.15, 0.2) is 42.7 Å². The van der Waals surface area contributed by atoms with Crippen LogP contribution in [0.2, 0.25) is 0 Å². The Morgan fingerprint density at radius 1 is 0.905 bits per heavy atom. The van der Waals surface area contributed by atoms with E-state index in [-0.39, 0.29) is 10.3 Å². The molecule has 3 nitrogen and oxygen atoms in total. The molecule has 2 rings (SSSR count). The summed E-state index contributed by atoms with van der Waals surface area (Å²) in [6.07, 6.45) is 3.80. The van der Waals surface area contributed by atoms with Gasteiger partial charge in [0.25, 0.3) is 0 Å². The SMILES string of the molecule is CC(C)(C)P(=O)(N1[C]N(c2ccccc2)C=C1)C(C)(C)C. The predicted molar refractivity (Wildman–Crippen MR) is 90.3 cm³/mol. The van der Waals surface area contributed by atoms with E-state index in [1.807, 2.05) is 89.2 Å². The fraction of sp³-hybridized carbons (Fsp3) is 0.471. The average molecular weight is 304 g/mol. The van der Waals surface area contributed by atoms with Gasteiger partial charge in [-0.1, -0.05) is 59.7 Å². The van der Waals surface area contributed by atoms with Gasteiger partial charge in [-0.05, 0) is 12.1 Å². The first kappa shape index (κ1) is 16.2. The van der Waals surface area contributed by atoms with Crippen molar-refractivity contribution in [2.75, 3.05) is 4.90 Å². The molecular formula is C17H25N2OP. The van der Waals surface area contributed by atoms with Crippen LogP contribution in [0.4, 0.5) is 5.69 Å². The molecule has 0 saturated heterocycles. The van der Waals surface area contributed by atoms with E-state index in [1.54, 1.807) is 4.67 Å². The van der Waals surface area contributed by atoms with Gasteiger partial charge in [0.05, 0.1) is 0 Å². The Hall–Kier alpha value is -1.21. The molecule has 0 bridgehead atoms. The van der Waals surface area contributed by atoms with E-state index in [1.165, 1.54) is 0 Å². The number of benzene rings is 1. The number of anilines is 1. The molecule has 0 saturated carbocycles. The summed E-state index contributed by atoms with van der Waals surface area (Å²) in [6, 6.07) is 9.98. The van der Waals surface area contributed by atoms with Gasteiger partial charge in [0.1, 0.15) is 0 Å². The van der Waals surface area contributed by atoms with Gasteiger partial charge in [-0.25, -0.2) is 0 Å². The van der Waals surface area contributed by atoms with E-state index in [9.17, 15) is 4.57 Å². The van der Waals surface area contributed by atoms with E-state index in [0.717, 1.165) is 5.69 Å². The zero-order valence-corrected chi connectivity index (χ0v) is 14.7. The lowest BCUT2D eigenvalue weighted by molar-refractivity contribution is 0.467. The van der Waals surface area contributed by atoms with Crippen molar-refractivity contribution in [3.63, 3.8) is 0 Å². The largest absolute Gasteiger partial charge is 0.315 e. The Kier molecular flexibility index (Phi) is 4.01. The number of hydrogen-bond donors (Lipinski definition) is 0. The minimum atomic E-state index is -2.70. The van der Waals surface area contributed by atoms with Crippen molar-refractivity contribution >= 4 is 13.0 Å². The molecule has 0 amide bonds. The fourth-order valence-corrected chi connectivity index (χ4v) is 6.62. The van der Waals surface area contributed by atoms with Gasteiger partial charge >= 0.3 is 0 Å². The Morgan fingerprint density at radius 2 is 1.43 bits per heavy atom. The van der Waals surface area contributed by atoms with Crippen molar-refractivity contribution in [2.24, 2.45) is 0 Å². The van der Waals surface area contributed by atoms with Crippen LogP contribution in [0, 0.1) is 6.67 Å². The number of rotatable bonds is 2. The number of nitrogens with zero attached hydrogens (tertiary/aromatic N) is 2. The minimum Gasteiger partial charge on any atom is -0.315 e. The molecule has 1 aliphatic heterocycles. The molecule has 0 atom stereocenters. The zero-order valence-electron chi connectivity index (χ0n) is 13.8. The minimum absolute atomic E-state index is 0.324. The monoisotopic (exact) mass is 304 g/mol. The molecule has 4 heteroatoms. The highest BCUT2D eigenvalue weighted by molar-refractivity contribution is 7.64. The van der Waals surface area contributed by atoms with Crippen LogP contribution >= 0.6 is 7.29 Å². The van der Waals surface area contributed by atoms with Crippen molar-refractivity contribution < 1.29 is 4.57 Å². The maximum atomic E-state index is 13.8. The van der Waals surface area contributed by atoms with Crippen molar-refractivity contribution in [1.29, 1.82) is 0 Å². The summed E-state index contributed by atoms with van der Waals surface area (Å²) in [5.41, 5.74) is 1.02. The second-order valence-corrected chi connectivity index (χ2v) is 11.6. The summed E-state index contributed by atoms with van der Waals surface area (Å²) in [5, 5.41) is -0.648. The summed E-state index contributed by atoms with van der Waals surface area (Å²) in [7, 11) is -2.70. The lowest BCUT2D eigenvalue weighted by Gasteiger charge is -2.45. The molecular weight excluding hydrogens is 279 g/mol. The number of para-hydroxylation sites is 1. The Labute approximate surface area is 129 Å². The Morgan fingerprint density at radius 3 is 1.90 bits per heavy atom. The lowest BCUT2D eigenvalue weighted by atomic mass is 10.2. The van der Waals surface area contributed by atoms with Gasteiger partial charge in [-0.3, -0.25) is 9.24 Å². The van der Waals surface area contributed by atoms with Gasteiger partial charge in [-0.15, -0.1) is 0 Å². The second-order valence-electron chi connectivity index (χ2n) is 7.37. The van der Waals surface area contributed by atoms with E-state index < -0.39 is 7.29 Å². The first-order chi connectivity index (χ1) is 9.57. The third kappa shape index (κ3) is 2.76. The Bertz CT molecular complexity index is 549. The fourth-order valence-electron chi connectivity index (χ4n) is 2.85. The number of hydrogen-bond acceptors (Lipinski definition) is 2. The summed E-state index contributed by atoms with van der Waals surface area (Å²) in [4.78, 5) is 1.89. The first-order valence-corrected chi connectivity index (χ1v) is 8.92. The van der Waals surface area contributed by atoms with Crippen molar-refractivity contribution in [3.8, 4) is 0 Å². The molecule has 1 heterocycles. The van der Waals surface area contributed by atoms with Crippen molar-refractivity contribution in [1.82, 2.24) is 4.67 Å². The van der Waals surface area contributed by atoms with Crippen LogP contribution in [-0.2, 0) is 4.57 Å². The quantitative estimate of drug-likeness (QED) is 0.706. The highest BCUT2D eigenvalue weighted by atomic mass is 31.2. The highest BCUT2D eigenvalue weighted by Crippen LogP contribution is 2.70. The molecule has 0 N–H and O–H groups in total. The summed E-state index contributed by atoms with van der Waals surface area (Å²) >= 11 is 0. The molecule has 2 radical (unpaired) electrons. The highest BCUT2D eigenvalue weighted by Gasteiger charge is 2.51. The average Bonchev–Trinajstić information content (AvgIpc) is 2.86. The third-order valence-electron chi connectivity index (χ3n) is 3.72. The van der Waals surface area contributed by atoms with E-state index >= 15 is 0 Å². The molecule has 0 aliphatic carbocycles. The van der Waals surface area contributed by atoms with Gasteiger partial charge in [0, 0.05) is 28.4 Å². The van der Waals surface area contributed by atoms with Crippen LogP contribution in [-0.4, -0.2) is 15.0 Å². The molecule has 114 valence electrons. The summed E-state index contributed by atoms with van der Waals surface area (Å²) in [6.45, 7) is 15.5. The molecule has 0 spiro atoms. The van der Waals surface area contributed by atoms with E-state index in [2.05, 4.69) is 6.67 Å². The normalized spacial score (nSPS) is 16.7.